The van der Waals surface area contributed by atoms with Crippen molar-refractivity contribution in [2.24, 2.45) is 0 Å². The molecule has 3 rings (SSSR count). The fourth-order valence-corrected chi connectivity index (χ4v) is 3.72. The molecule has 7 nitrogen and oxygen atoms in total. The summed E-state index contributed by atoms with van der Waals surface area (Å²) in [6, 6.07) is 1.75. The van der Waals surface area contributed by atoms with Gasteiger partial charge in [0, 0.05) is 52.0 Å². The Morgan fingerprint density at radius 1 is 1.12 bits per heavy atom. The summed E-state index contributed by atoms with van der Waals surface area (Å²) in [7, 11) is 1.87. The lowest BCUT2D eigenvalue weighted by Crippen LogP contribution is -2.52. The van der Waals surface area contributed by atoms with Crippen molar-refractivity contribution in [3.63, 3.8) is 0 Å². The number of piperidine rings is 1. The number of likely N-dealkylation sites (N-methyl/N-ethyl adjacent to an activating group) is 1. The van der Waals surface area contributed by atoms with Crippen LogP contribution in [0.15, 0.2) is 18.5 Å². The average molecular weight is 331 g/mol. The van der Waals surface area contributed by atoms with Gasteiger partial charge in [-0.15, -0.1) is 0 Å². The number of amides is 2. The van der Waals surface area contributed by atoms with Crippen LogP contribution < -0.4 is 4.90 Å². The van der Waals surface area contributed by atoms with Crippen molar-refractivity contribution in [3.8, 4) is 0 Å². The smallest absolute Gasteiger partial charge is 0.245 e. The second kappa shape index (κ2) is 7.15. The van der Waals surface area contributed by atoms with Crippen LogP contribution in [0.2, 0.25) is 0 Å². The van der Waals surface area contributed by atoms with Gasteiger partial charge in [-0.2, -0.15) is 0 Å². The summed E-state index contributed by atoms with van der Waals surface area (Å²) in [5.41, 5.74) is 0. The maximum absolute atomic E-state index is 12.8. The van der Waals surface area contributed by atoms with Gasteiger partial charge >= 0.3 is 0 Å². The number of aromatic nitrogens is 2. The Balaban J connectivity index is 1.58. The van der Waals surface area contributed by atoms with Crippen LogP contribution >= 0.6 is 0 Å². The summed E-state index contributed by atoms with van der Waals surface area (Å²) in [5.74, 6) is 0.830. The SMILES string of the molecule is CC(=O)N1CCC[C@@H]1C(=O)N(C)C1CCN(c2ncccn2)CC1. The zero-order chi connectivity index (χ0) is 17.1. The summed E-state index contributed by atoms with van der Waals surface area (Å²) in [4.78, 5) is 38.8. The van der Waals surface area contributed by atoms with Gasteiger partial charge in [0.1, 0.15) is 6.04 Å². The molecule has 2 amide bonds. The highest BCUT2D eigenvalue weighted by Crippen LogP contribution is 2.23. The molecule has 1 aromatic rings. The highest BCUT2D eigenvalue weighted by atomic mass is 16.2. The summed E-state index contributed by atoms with van der Waals surface area (Å²) < 4.78 is 0. The van der Waals surface area contributed by atoms with Gasteiger partial charge in [-0.1, -0.05) is 0 Å². The van der Waals surface area contributed by atoms with Crippen LogP contribution in [0.5, 0.6) is 0 Å². The molecule has 0 aliphatic carbocycles. The predicted octanol–water partition coefficient (Wildman–Crippen LogP) is 0.915. The molecule has 0 spiro atoms. The van der Waals surface area contributed by atoms with Gasteiger partial charge in [0.05, 0.1) is 0 Å². The number of likely N-dealkylation sites (tertiary alicyclic amines) is 1. The number of carbonyl (C=O) groups excluding carboxylic acids is 2. The van der Waals surface area contributed by atoms with Crippen molar-refractivity contribution >= 4 is 17.8 Å². The highest BCUT2D eigenvalue weighted by Gasteiger charge is 2.36. The summed E-state index contributed by atoms with van der Waals surface area (Å²) in [6.07, 6.45) is 6.98. The van der Waals surface area contributed by atoms with E-state index in [0.29, 0.717) is 6.54 Å². The first kappa shape index (κ1) is 16.7. The second-order valence-corrected chi connectivity index (χ2v) is 6.59. The fraction of sp³-hybridized carbons (Fsp3) is 0.647. The molecule has 2 saturated heterocycles. The Hall–Kier alpha value is -2.18. The molecule has 3 heterocycles. The maximum Gasteiger partial charge on any atom is 0.245 e. The topological polar surface area (TPSA) is 69.6 Å². The normalized spacial score (nSPS) is 21.8. The van der Waals surface area contributed by atoms with Gasteiger partial charge in [-0.25, -0.2) is 9.97 Å². The van der Waals surface area contributed by atoms with Crippen molar-refractivity contribution in [2.75, 3.05) is 31.6 Å². The molecule has 0 bridgehead atoms. The maximum atomic E-state index is 12.8. The molecule has 0 aromatic carbocycles. The van der Waals surface area contributed by atoms with E-state index in [9.17, 15) is 9.59 Å². The van der Waals surface area contributed by atoms with Crippen LogP contribution in [0, 0.1) is 0 Å². The van der Waals surface area contributed by atoms with E-state index in [0.717, 1.165) is 44.7 Å². The minimum Gasteiger partial charge on any atom is -0.341 e. The first-order chi connectivity index (χ1) is 11.6. The van der Waals surface area contributed by atoms with E-state index in [2.05, 4.69) is 14.9 Å². The Labute approximate surface area is 142 Å². The first-order valence-electron chi connectivity index (χ1n) is 8.64. The Morgan fingerprint density at radius 3 is 2.42 bits per heavy atom. The third kappa shape index (κ3) is 3.34. The third-order valence-electron chi connectivity index (χ3n) is 5.14. The molecular weight excluding hydrogens is 306 g/mol. The quantitative estimate of drug-likeness (QED) is 0.823. The molecular formula is C17H25N5O2. The lowest BCUT2D eigenvalue weighted by molar-refractivity contribution is -0.143. The van der Waals surface area contributed by atoms with E-state index in [1.54, 1.807) is 24.2 Å². The fourth-order valence-electron chi connectivity index (χ4n) is 3.72. The lowest BCUT2D eigenvalue weighted by atomic mass is 10.0. The molecule has 2 aliphatic rings. The molecule has 0 saturated carbocycles. The minimum absolute atomic E-state index is 0.00436. The van der Waals surface area contributed by atoms with Gasteiger partial charge in [0.25, 0.3) is 0 Å². The van der Waals surface area contributed by atoms with Crippen molar-refractivity contribution in [3.05, 3.63) is 18.5 Å². The summed E-state index contributed by atoms with van der Waals surface area (Å²) >= 11 is 0. The van der Waals surface area contributed by atoms with Crippen molar-refractivity contribution < 1.29 is 9.59 Å². The van der Waals surface area contributed by atoms with Crippen molar-refractivity contribution in [2.45, 2.75) is 44.7 Å². The standard InChI is InChI=1S/C17H25N5O2/c1-13(23)22-10-3-5-15(22)16(24)20(2)14-6-11-21(12-7-14)17-18-8-4-9-19-17/h4,8-9,14-15H,3,5-7,10-12H2,1-2H3/t15-/m1/s1. The molecule has 0 N–H and O–H groups in total. The van der Waals surface area contributed by atoms with E-state index in [-0.39, 0.29) is 23.9 Å². The second-order valence-electron chi connectivity index (χ2n) is 6.59. The number of hydrogen-bond donors (Lipinski definition) is 0. The lowest BCUT2D eigenvalue weighted by Gasteiger charge is -2.38. The summed E-state index contributed by atoms with van der Waals surface area (Å²) in [5, 5.41) is 0. The zero-order valence-electron chi connectivity index (χ0n) is 14.4. The van der Waals surface area contributed by atoms with Gasteiger partial charge in [0.15, 0.2) is 0 Å². The first-order valence-corrected chi connectivity index (χ1v) is 8.64. The number of rotatable bonds is 3. The van der Waals surface area contributed by atoms with E-state index in [4.69, 9.17) is 0 Å². The highest BCUT2D eigenvalue weighted by molar-refractivity contribution is 5.87. The molecule has 2 fully saturated rings. The number of hydrogen-bond acceptors (Lipinski definition) is 5. The Morgan fingerprint density at radius 2 is 1.79 bits per heavy atom. The van der Waals surface area contributed by atoms with Crippen LogP contribution in [0.4, 0.5) is 5.95 Å². The largest absolute Gasteiger partial charge is 0.341 e. The molecule has 0 radical (unpaired) electrons. The van der Waals surface area contributed by atoms with E-state index in [1.165, 1.54) is 0 Å². The van der Waals surface area contributed by atoms with E-state index >= 15 is 0 Å². The zero-order valence-corrected chi connectivity index (χ0v) is 14.4. The van der Waals surface area contributed by atoms with Crippen molar-refractivity contribution in [1.29, 1.82) is 0 Å². The molecule has 0 unspecified atom stereocenters. The number of carbonyl (C=O) groups is 2. The van der Waals surface area contributed by atoms with Crippen LogP contribution in [-0.2, 0) is 9.59 Å². The average Bonchev–Trinajstić information content (AvgIpc) is 3.11. The molecule has 2 aliphatic heterocycles. The van der Waals surface area contributed by atoms with Gasteiger partial charge < -0.3 is 14.7 Å². The summed E-state index contributed by atoms with van der Waals surface area (Å²) in [6.45, 7) is 3.92. The van der Waals surface area contributed by atoms with Crippen LogP contribution in [0.1, 0.15) is 32.6 Å². The Bertz CT molecular complexity index is 586. The van der Waals surface area contributed by atoms with Gasteiger partial charge in [0.2, 0.25) is 17.8 Å². The number of nitrogens with zero attached hydrogens (tertiary/aromatic N) is 5. The monoisotopic (exact) mass is 331 g/mol. The van der Waals surface area contributed by atoms with Crippen LogP contribution in [0.25, 0.3) is 0 Å². The predicted molar refractivity (Wildman–Crippen MR) is 90.4 cm³/mol. The third-order valence-corrected chi connectivity index (χ3v) is 5.14. The van der Waals surface area contributed by atoms with Gasteiger partial charge in [-0.05, 0) is 31.7 Å². The molecule has 1 atom stereocenters. The van der Waals surface area contributed by atoms with Gasteiger partial charge in [-0.3, -0.25) is 9.59 Å². The van der Waals surface area contributed by atoms with Crippen LogP contribution in [-0.4, -0.2) is 70.3 Å². The Kier molecular flexibility index (Phi) is 4.97. The van der Waals surface area contributed by atoms with Crippen LogP contribution in [0.3, 0.4) is 0 Å². The molecule has 7 heteroatoms. The van der Waals surface area contributed by atoms with Crippen molar-refractivity contribution in [1.82, 2.24) is 19.8 Å². The molecule has 130 valence electrons. The minimum atomic E-state index is -0.275. The molecule has 24 heavy (non-hydrogen) atoms. The molecule has 1 aromatic heterocycles. The number of anilines is 1. The van der Waals surface area contributed by atoms with E-state index in [1.807, 2.05) is 18.0 Å². The van der Waals surface area contributed by atoms with E-state index < -0.39 is 0 Å².